The molecule has 0 bridgehead atoms. The average Bonchev–Trinajstić information content (AvgIpc) is 2.39. The molecular weight excluding hydrogens is 206 g/mol. The van der Waals surface area contributed by atoms with E-state index in [1.165, 1.54) is 0 Å². The van der Waals surface area contributed by atoms with Gasteiger partial charge in [0.2, 0.25) is 0 Å². The molecule has 16 heavy (non-hydrogen) atoms. The Balaban J connectivity index is 2.28. The monoisotopic (exact) mass is 221 g/mol. The van der Waals surface area contributed by atoms with Crippen molar-refractivity contribution in [3.05, 3.63) is 35.4 Å². The normalized spacial score (nSPS) is 20.4. The SMILES string of the molecule is O=C(NO)c1ccccc1C1CCCCO1. The summed E-state index contributed by atoms with van der Waals surface area (Å²) < 4.78 is 5.64. The molecule has 4 nitrogen and oxygen atoms in total. The number of benzene rings is 1. The molecule has 0 spiro atoms. The minimum atomic E-state index is -0.482. The number of carbonyl (C=O) groups is 1. The fraction of sp³-hybridized carbons (Fsp3) is 0.417. The van der Waals surface area contributed by atoms with Crippen LogP contribution in [-0.4, -0.2) is 17.7 Å². The largest absolute Gasteiger partial charge is 0.374 e. The molecule has 1 aromatic rings. The molecule has 0 aliphatic carbocycles. The fourth-order valence-electron chi connectivity index (χ4n) is 2.03. The lowest BCUT2D eigenvalue weighted by Crippen LogP contribution is -2.22. The molecule has 1 aromatic carbocycles. The summed E-state index contributed by atoms with van der Waals surface area (Å²) in [6, 6.07) is 7.22. The Hall–Kier alpha value is -1.39. The van der Waals surface area contributed by atoms with Gasteiger partial charge in [0, 0.05) is 12.2 Å². The van der Waals surface area contributed by atoms with E-state index in [1.54, 1.807) is 17.6 Å². The van der Waals surface area contributed by atoms with Gasteiger partial charge in [0.05, 0.1) is 6.10 Å². The van der Waals surface area contributed by atoms with Crippen molar-refractivity contribution in [2.45, 2.75) is 25.4 Å². The summed E-state index contributed by atoms with van der Waals surface area (Å²) in [7, 11) is 0. The zero-order valence-electron chi connectivity index (χ0n) is 8.98. The Morgan fingerprint density at radius 1 is 1.38 bits per heavy atom. The van der Waals surface area contributed by atoms with E-state index < -0.39 is 5.91 Å². The van der Waals surface area contributed by atoms with Crippen molar-refractivity contribution in [1.82, 2.24) is 5.48 Å². The summed E-state index contributed by atoms with van der Waals surface area (Å²) in [6.45, 7) is 0.736. The van der Waals surface area contributed by atoms with Crippen LogP contribution in [0.25, 0.3) is 0 Å². The van der Waals surface area contributed by atoms with Crippen LogP contribution >= 0.6 is 0 Å². The van der Waals surface area contributed by atoms with Gasteiger partial charge in [0.1, 0.15) is 0 Å². The van der Waals surface area contributed by atoms with Gasteiger partial charge in [-0.25, -0.2) is 5.48 Å². The number of amides is 1. The molecule has 1 fully saturated rings. The molecule has 1 saturated heterocycles. The van der Waals surface area contributed by atoms with Gasteiger partial charge in [-0.15, -0.1) is 0 Å². The summed E-state index contributed by atoms with van der Waals surface area (Å²) in [5, 5.41) is 8.67. The fourth-order valence-corrected chi connectivity index (χ4v) is 2.03. The maximum Gasteiger partial charge on any atom is 0.275 e. The van der Waals surface area contributed by atoms with E-state index in [9.17, 15) is 4.79 Å². The molecule has 1 atom stereocenters. The van der Waals surface area contributed by atoms with Gasteiger partial charge in [-0.3, -0.25) is 10.0 Å². The third-order valence-corrected chi connectivity index (χ3v) is 2.83. The van der Waals surface area contributed by atoms with Crippen molar-refractivity contribution in [2.24, 2.45) is 0 Å². The van der Waals surface area contributed by atoms with Gasteiger partial charge in [-0.05, 0) is 30.9 Å². The number of hydrogen-bond acceptors (Lipinski definition) is 3. The van der Waals surface area contributed by atoms with Crippen LogP contribution < -0.4 is 5.48 Å². The van der Waals surface area contributed by atoms with Crippen LogP contribution in [0.2, 0.25) is 0 Å². The molecular formula is C12H15NO3. The quantitative estimate of drug-likeness (QED) is 0.593. The summed E-state index contributed by atoms with van der Waals surface area (Å²) in [5.74, 6) is -0.482. The van der Waals surface area contributed by atoms with E-state index in [2.05, 4.69) is 0 Å². The minimum absolute atomic E-state index is 0.0257. The highest BCUT2D eigenvalue weighted by molar-refractivity contribution is 5.94. The lowest BCUT2D eigenvalue weighted by Gasteiger charge is -2.24. The van der Waals surface area contributed by atoms with E-state index in [0.717, 1.165) is 31.4 Å². The first kappa shape index (κ1) is 11.1. The Kier molecular flexibility index (Phi) is 3.54. The molecule has 2 N–H and O–H groups in total. The number of nitrogens with one attached hydrogen (secondary N) is 1. The van der Waals surface area contributed by atoms with Gasteiger partial charge in [0.25, 0.3) is 5.91 Å². The van der Waals surface area contributed by atoms with Gasteiger partial charge >= 0.3 is 0 Å². The highest BCUT2D eigenvalue weighted by Gasteiger charge is 2.21. The maximum atomic E-state index is 11.5. The van der Waals surface area contributed by atoms with Crippen molar-refractivity contribution in [1.29, 1.82) is 0 Å². The molecule has 0 saturated carbocycles. The lowest BCUT2D eigenvalue weighted by molar-refractivity contribution is 0.0141. The first-order chi connectivity index (χ1) is 7.83. The van der Waals surface area contributed by atoms with Crippen LogP contribution in [-0.2, 0) is 4.74 Å². The molecule has 1 amide bonds. The Morgan fingerprint density at radius 3 is 2.88 bits per heavy atom. The Labute approximate surface area is 94.2 Å². The second kappa shape index (κ2) is 5.09. The van der Waals surface area contributed by atoms with Crippen LogP contribution in [0.5, 0.6) is 0 Å². The predicted molar refractivity (Wildman–Crippen MR) is 58.2 cm³/mol. The standard InChI is InChI=1S/C12H15NO3/c14-12(13-15)10-6-2-1-5-9(10)11-7-3-4-8-16-11/h1-2,5-6,11,15H,3-4,7-8H2,(H,13,14). The molecule has 1 aliphatic rings. The van der Waals surface area contributed by atoms with Crippen LogP contribution in [0, 0.1) is 0 Å². The van der Waals surface area contributed by atoms with E-state index in [-0.39, 0.29) is 6.10 Å². The topological polar surface area (TPSA) is 58.6 Å². The van der Waals surface area contributed by atoms with Crippen LogP contribution in [0.1, 0.15) is 41.3 Å². The predicted octanol–water partition coefficient (Wildman–Crippen LogP) is 2.05. The first-order valence-corrected chi connectivity index (χ1v) is 5.48. The molecule has 1 aliphatic heterocycles. The van der Waals surface area contributed by atoms with Crippen LogP contribution in [0.4, 0.5) is 0 Å². The van der Waals surface area contributed by atoms with E-state index in [4.69, 9.17) is 9.94 Å². The number of rotatable bonds is 2. The average molecular weight is 221 g/mol. The minimum Gasteiger partial charge on any atom is -0.374 e. The Bertz CT molecular complexity index is 372. The van der Waals surface area contributed by atoms with Crippen molar-refractivity contribution < 1.29 is 14.7 Å². The van der Waals surface area contributed by atoms with E-state index in [1.807, 2.05) is 12.1 Å². The second-order valence-corrected chi connectivity index (χ2v) is 3.88. The third kappa shape index (κ3) is 2.23. The van der Waals surface area contributed by atoms with Crippen molar-refractivity contribution in [2.75, 3.05) is 6.61 Å². The number of hydroxylamine groups is 1. The lowest BCUT2D eigenvalue weighted by atomic mass is 9.96. The van der Waals surface area contributed by atoms with E-state index in [0.29, 0.717) is 5.56 Å². The smallest absolute Gasteiger partial charge is 0.275 e. The molecule has 0 aromatic heterocycles. The van der Waals surface area contributed by atoms with Gasteiger partial charge in [-0.1, -0.05) is 18.2 Å². The van der Waals surface area contributed by atoms with Gasteiger partial charge < -0.3 is 4.74 Å². The molecule has 0 radical (unpaired) electrons. The van der Waals surface area contributed by atoms with Crippen molar-refractivity contribution in [3.8, 4) is 0 Å². The zero-order chi connectivity index (χ0) is 11.4. The zero-order valence-corrected chi connectivity index (χ0v) is 8.98. The Morgan fingerprint density at radius 2 is 2.19 bits per heavy atom. The number of ether oxygens (including phenoxy) is 1. The highest BCUT2D eigenvalue weighted by atomic mass is 16.5. The van der Waals surface area contributed by atoms with E-state index >= 15 is 0 Å². The highest BCUT2D eigenvalue weighted by Crippen LogP contribution is 2.29. The molecule has 86 valence electrons. The maximum absolute atomic E-state index is 11.5. The molecule has 2 rings (SSSR count). The molecule has 4 heteroatoms. The van der Waals surface area contributed by atoms with Crippen LogP contribution in [0.3, 0.4) is 0 Å². The van der Waals surface area contributed by atoms with Crippen molar-refractivity contribution >= 4 is 5.91 Å². The van der Waals surface area contributed by atoms with Gasteiger partial charge in [-0.2, -0.15) is 0 Å². The summed E-state index contributed by atoms with van der Waals surface area (Å²) in [5.41, 5.74) is 3.00. The summed E-state index contributed by atoms with van der Waals surface area (Å²) in [4.78, 5) is 11.5. The summed E-state index contributed by atoms with van der Waals surface area (Å²) >= 11 is 0. The summed E-state index contributed by atoms with van der Waals surface area (Å²) in [6.07, 6.45) is 3.09. The molecule has 1 heterocycles. The van der Waals surface area contributed by atoms with Gasteiger partial charge in [0.15, 0.2) is 0 Å². The first-order valence-electron chi connectivity index (χ1n) is 5.48. The van der Waals surface area contributed by atoms with Crippen LogP contribution in [0.15, 0.2) is 24.3 Å². The van der Waals surface area contributed by atoms with Crippen molar-refractivity contribution in [3.63, 3.8) is 0 Å². The number of hydrogen-bond donors (Lipinski definition) is 2. The second-order valence-electron chi connectivity index (χ2n) is 3.88. The number of carbonyl (C=O) groups excluding carboxylic acids is 1. The third-order valence-electron chi connectivity index (χ3n) is 2.83. The molecule has 1 unspecified atom stereocenters.